The van der Waals surface area contributed by atoms with E-state index in [9.17, 15) is 19.4 Å². The van der Waals surface area contributed by atoms with E-state index in [1.165, 1.54) is 128 Å². The Balaban J connectivity index is 4.20. The summed E-state index contributed by atoms with van der Waals surface area (Å²) in [4.78, 5) is 23.4. The number of hydrogen-bond donors (Lipinski definition) is 3. The summed E-state index contributed by atoms with van der Waals surface area (Å²) in [5, 5.41) is 14.1. The predicted octanol–water partition coefficient (Wildman–Crippen LogP) is 20.3. The van der Waals surface area contributed by atoms with E-state index in [1.807, 2.05) is 21.1 Å². The van der Waals surface area contributed by atoms with Gasteiger partial charge in [-0.05, 0) is 83.5 Å². The number of carbonyl (C=O) groups excluding carboxylic acids is 1. The number of nitrogens with one attached hydrogen (secondary N) is 1. The average molecular weight is 1110 g/mol. The highest BCUT2D eigenvalue weighted by atomic mass is 31.2. The maximum absolute atomic E-state index is 13.0. The van der Waals surface area contributed by atoms with Gasteiger partial charge in [0.2, 0.25) is 5.91 Å². The first-order valence-electron chi connectivity index (χ1n) is 32.3. The standard InChI is InChI=1S/C69H123N2O6P/c1-6-8-10-12-14-16-18-20-22-24-26-28-30-31-32-33-34-35-36-37-38-39-41-43-45-47-49-51-53-55-57-59-61-63-69(73)70-67(66-77-78(74,75)76-65-64-71(3,4)5)68(72)62-60-58-56-54-52-50-48-46-44-42-40-29-27-25-23-21-19-17-15-13-11-9-7-2/h8,10,14,16,20,22,26,28,31-32,34-35,37-38,41,43,47,49,67-68,72H,6-7,9,11-13,15,17-19,21,23-25,27,29-30,33,36,39-40,42,44-46,48,50-66H2,1-5H3,(H-,70,73,74,75)/p+1/b10-8-,16-14-,22-20-,28-26-,32-31-,35-34-,38-37-,43-41-,49-47-. The van der Waals surface area contributed by atoms with E-state index in [0.717, 1.165) is 116 Å². The molecule has 450 valence electrons. The van der Waals surface area contributed by atoms with Crippen molar-refractivity contribution in [1.29, 1.82) is 0 Å². The van der Waals surface area contributed by atoms with Gasteiger partial charge in [-0.2, -0.15) is 0 Å². The molecule has 0 saturated heterocycles. The molecule has 0 saturated carbocycles. The molecule has 0 aromatic rings. The smallest absolute Gasteiger partial charge is 0.391 e. The summed E-state index contributed by atoms with van der Waals surface area (Å²) in [5.41, 5.74) is 0. The number of allylic oxidation sites excluding steroid dienone is 18. The zero-order valence-electron chi connectivity index (χ0n) is 51.4. The van der Waals surface area contributed by atoms with Crippen molar-refractivity contribution in [3.63, 3.8) is 0 Å². The van der Waals surface area contributed by atoms with Crippen molar-refractivity contribution in [2.75, 3.05) is 40.9 Å². The second kappa shape index (κ2) is 58.8. The molecule has 0 aliphatic carbocycles. The van der Waals surface area contributed by atoms with Crippen LogP contribution in [0.4, 0.5) is 0 Å². The van der Waals surface area contributed by atoms with Gasteiger partial charge in [0, 0.05) is 6.42 Å². The van der Waals surface area contributed by atoms with Crippen molar-refractivity contribution in [2.24, 2.45) is 0 Å². The number of carbonyl (C=O) groups is 1. The van der Waals surface area contributed by atoms with Crippen molar-refractivity contribution in [3.05, 3.63) is 109 Å². The quantitative estimate of drug-likeness (QED) is 0.0243. The molecule has 0 aliphatic heterocycles. The zero-order chi connectivity index (χ0) is 57.0. The fraction of sp³-hybridized carbons (Fsp3) is 0.725. The number of hydrogen-bond acceptors (Lipinski definition) is 5. The molecule has 3 N–H and O–H groups in total. The van der Waals surface area contributed by atoms with Crippen LogP contribution in [0, 0.1) is 0 Å². The lowest BCUT2D eigenvalue weighted by molar-refractivity contribution is -0.870. The summed E-state index contributed by atoms with van der Waals surface area (Å²) in [7, 11) is 1.59. The molecule has 3 unspecified atom stereocenters. The molecule has 0 aliphatic rings. The van der Waals surface area contributed by atoms with Crippen LogP contribution < -0.4 is 5.32 Å². The topological polar surface area (TPSA) is 105 Å². The number of likely N-dealkylation sites (N-methyl/N-ethyl adjacent to an activating group) is 1. The fourth-order valence-electron chi connectivity index (χ4n) is 9.04. The molecule has 3 atom stereocenters. The highest BCUT2D eigenvalue weighted by Gasteiger charge is 2.28. The number of quaternary nitrogens is 1. The van der Waals surface area contributed by atoms with Crippen LogP contribution in [0.5, 0.6) is 0 Å². The summed E-state index contributed by atoms with van der Waals surface area (Å²) in [6.45, 7) is 4.77. The lowest BCUT2D eigenvalue weighted by Crippen LogP contribution is -2.46. The number of phosphoric ester groups is 1. The Labute approximate surface area is 482 Å². The number of phosphoric acid groups is 1. The van der Waals surface area contributed by atoms with Crippen LogP contribution in [-0.2, 0) is 18.4 Å². The first-order valence-corrected chi connectivity index (χ1v) is 33.7. The third-order valence-corrected chi connectivity index (χ3v) is 15.0. The maximum Gasteiger partial charge on any atom is 0.472 e. The predicted molar refractivity (Wildman–Crippen MR) is 341 cm³/mol. The van der Waals surface area contributed by atoms with Crippen LogP contribution in [-0.4, -0.2) is 73.4 Å². The number of aliphatic hydroxyl groups is 1. The zero-order valence-corrected chi connectivity index (χ0v) is 52.3. The molecule has 0 fully saturated rings. The van der Waals surface area contributed by atoms with Gasteiger partial charge in [0.25, 0.3) is 0 Å². The third kappa shape index (κ3) is 60.8. The van der Waals surface area contributed by atoms with Crippen LogP contribution in [0.1, 0.15) is 271 Å². The van der Waals surface area contributed by atoms with Crippen LogP contribution in [0.15, 0.2) is 109 Å². The van der Waals surface area contributed by atoms with Crippen LogP contribution in [0.2, 0.25) is 0 Å². The molecular weight excluding hydrogens is 984 g/mol. The molecule has 0 aromatic carbocycles. The van der Waals surface area contributed by atoms with Gasteiger partial charge in [0.05, 0.1) is 39.9 Å². The average Bonchev–Trinajstić information content (AvgIpc) is 3.41. The SMILES string of the molecule is CC/C=C\C/C=C\C/C=C\C/C=C\C/C=C\C/C=C\C/C=C\C/C=C\C/C=C\CCCCCCCC(=O)NC(COP(=O)(O)OCC[N+](C)(C)C)C(O)CCCCCCCCCCCCCCCCCCCCCCCCC. The lowest BCUT2D eigenvalue weighted by atomic mass is 10.0. The van der Waals surface area contributed by atoms with Gasteiger partial charge in [0.1, 0.15) is 13.2 Å². The Morgan fingerprint density at radius 3 is 1.13 bits per heavy atom. The molecule has 0 heterocycles. The van der Waals surface area contributed by atoms with Gasteiger partial charge in [-0.25, -0.2) is 4.57 Å². The highest BCUT2D eigenvalue weighted by Crippen LogP contribution is 2.43. The van der Waals surface area contributed by atoms with Crippen LogP contribution in [0.25, 0.3) is 0 Å². The first kappa shape index (κ1) is 75.2. The Hall–Kier alpha value is -2.84. The van der Waals surface area contributed by atoms with Gasteiger partial charge >= 0.3 is 7.82 Å². The number of rotatable bonds is 58. The summed E-state index contributed by atoms with van der Waals surface area (Å²) >= 11 is 0. The summed E-state index contributed by atoms with van der Waals surface area (Å²) < 4.78 is 23.8. The van der Waals surface area contributed by atoms with E-state index < -0.39 is 20.0 Å². The molecule has 8 nitrogen and oxygen atoms in total. The molecule has 0 spiro atoms. The minimum absolute atomic E-state index is 0.0652. The largest absolute Gasteiger partial charge is 0.472 e. The molecule has 0 aromatic heterocycles. The second-order valence-corrected chi connectivity index (χ2v) is 24.2. The van der Waals surface area contributed by atoms with Crippen molar-refractivity contribution >= 4 is 13.7 Å². The van der Waals surface area contributed by atoms with Crippen LogP contribution in [0.3, 0.4) is 0 Å². The molecule has 1 amide bonds. The Morgan fingerprint density at radius 1 is 0.449 bits per heavy atom. The van der Waals surface area contributed by atoms with E-state index in [0.29, 0.717) is 23.9 Å². The van der Waals surface area contributed by atoms with Crippen LogP contribution >= 0.6 is 7.82 Å². The number of unbranched alkanes of at least 4 members (excludes halogenated alkanes) is 27. The molecule has 0 radical (unpaired) electrons. The summed E-state index contributed by atoms with van der Waals surface area (Å²) in [5.74, 6) is -0.165. The third-order valence-electron chi connectivity index (χ3n) is 14.0. The first-order chi connectivity index (χ1) is 38.0. The van der Waals surface area contributed by atoms with E-state index in [2.05, 4.69) is 129 Å². The number of amides is 1. The normalized spacial score (nSPS) is 14.5. The van der Waals surface area contributed by atoms with Crippen molar-refractivity contribution in [1.82, 2.24) is 5.32 Å². The van der Waals surface area contributed by atoms with Gasteiger partial charge in [-0.1, -0.05) is 290 Å². The molecule has 9 heteroatoms. The molecule has 0 rings (SSSR count). The summed E-state index contributed by atoms with van der Waals surface area (Å²) in [6, 6.07) is -0.781. The molecular formula is C69H124N2O6P+. The minimum atomic E-state index is -4.34. The van der Waals surface area contributed by atoms with E-state index in [4.69, 9.17) is 9.05 Å². The monoisotopic (exact) mass is 1110 g/mol. The van der Waals surface area contributed by atoms with Gasteiger partial charge in [0.15, 0.2) is 0 Å². The Kier molecular flexibility index (Phi) is 56.7. The number of aliphatic hydroxyl groups excluding tert-OH is 1. The fourth-order valence-corrected chi connectivity index (χ4v) is 9.78. The lowest BCUT2D eigenvalue weighted by Gasteiger charge is -2.26. The minimum Gasteiger partial charge on any atom is -0.391 e. The van der Waals surface area contributed by atoms with Crippen molar-refractivity contribution < 1.29 is 32.9 Å². The summed E-state index contributed by atoms with van der Waals surface area (Å²) in [6.07, 6.45) is 85.9. The van der Waals surface area contributed by atoms with Gasteiger partial charge < -0.3 is 19.8 Å². The molecule has 0 bridgehead atoms. The number of nitrogens with zero attached hydrogens (tertiary/aromatic N) is 1. The van der Waals surface area contributed by atoms with Gasteiger partial charge in [-0.3, -0.25) is 13.8 Å². The second-order valence-electron chi connectivity index (χ2n) is 22.8. The Bertz CT molecular complexity index is 1640. The Morgan fingerprint density at radius 2 is 0.769 bits per heavy atom. The van der Waals surface area contributed by atoms with E-state index in [-0.39, 0.29) is 19.1 Å². The van der Waals surface area contributed by atoms with E-state index in [1.54, 1.807) is 0 Å². The maximum atomic E-state index is 13.0. The highest BCUT2D eigenvalue weighted by molar-refractivity contribution is 7.47. The van der Waals surface area contributed by atoms with Gasteiger partial charge in [-0.15, -0.1) is 0 Å². The van der Waals surface area contributed by atoms with Crippen molar-refractivity contribution in [3.8, 4) is 0 Å². The van der Waals surface area contributed by atoms with Crippen molar-refractivity contribution in [2.45, 2.75) is 283 Å². The van der Waals surface area contributed by atoms with E-state index >= 15 is 0 Å². The molecule has 78 heavy (non-hydrogen) atoms.